The zero-order valence-electron chi connectivity index (χ0n) is 7.18. The highest BCUT2D eigenvalue weighted by Crippen LogP contribution is 2.03. The molecule has 0 saturated carbocycles. The molecule has 0 aromatic carbocycles. The minimum atomic E-state index is -1.10. The highest BCUT2D eigenvalue weighted by molar-refractivity contribution is 6.34. The number of carboxylic acid groups (broad SMARTS) is 1. The van der Waals surface area contributed by atoms with Gasteiger partial charge in [0.05, 0.1) is 0 Å². The van der Waals surface area contributed by atoms with Gasteiger partial charge in [-0.05, 0) is 25.7 Å². The van der Waals surface area contributed by atoms with E-state index >= 15 is 0 Å². The van der Waals surface area contributed by atoms with Gasteiger partial charge in [0, 0.05) is 0 Å². The van der Waals surface area contributed by atoms with Gasteiger partial charge in [-0.25, -0.2) is 4.79 Å². The van der Waals surface area contributed by atoms with Crippen LogP contribution < -0.4 is 0 Å². The standard InChI is InChI=1S/C9H15NO2/c1-2-3-4-5-6-7-8(10)9(11)12/h2,10H,1,3-7H2,(H,11,12). The third kappa shape index (κ3) is 5.65. The summed E-state index contributed by atoms with van der Waals surface area (Å²) in [5, 5.41) is 15.3. The van der Waals surface area contributed by atoms with E-state index in [2.05, 4.69) is 6.58 Å². The fraction of sp³-hybridized carbons (Fsp3) is 0.556. The Morgan fingerprint density at radius 3 is 2.58 bits per heavy atom. The molecule has 68 valence electrons. The molecule has 0 aromatic heterocycles. The number of aliphatic carboxylic acids is 1. The predicted octanol–water partition coefficient (Wildman–Crippen LogP) is 2.23. The van der Waals surface area contributed by atoms with Crippen LogP contribution in [0.5, 0.6) is 0 Å². The maximum atomic E-state index is 10.2. The summed E-state index contributed by atoms with van der Waals surface area (Å²) in [6.07, 6.45) is 6.01. The molecular weight excluding hydrogens is 154 g/mol. The van der Waals surface area contributed by atoms with Gasteiger partial charge in [-0.3, -0.25) is 5.41 Å². The van der Waals surface area contributed by atoms with Crippen molar-refractivity contribution in [2.45, 2.75) is 32.1 Å². The van der Waals surface area contributed by atoms with Gasteiger partial charge in [-0.1, -0.05) is 12.5 Å². The molecule has 0 radical (unpaired) electrons. The van der Waals surface area contributed by atoms with Crippen molar-refractivity contribution in [3.05, 3.63) is 12.7 Å². The third-order valence-electron chi connectivity index (χ3n) is 1.59. The molecule has 2 N–H and O–H groups in total. The van der Waals surface area contributed by atoms with E-state index in [4.69, 9.17) is 10.5 Å². The quantitative estimate of drug-likeness (QED) is 0.349. The van der Waals surface area contributed by atoms with Gasteiger partial charge in [0.25, 0.3) is 0 Å². The van der Waals surface area contributed by atoms with Crippen LogP contribution in [0.25, 0.3) is 0 Å². The molecule has 0 aliphatic heterocycles. The monoisotopic (exact) mass is 169 g/mol. The zero-order valence-corrected chi connectivity index (χ0v) is 7.18. The van der Waals surface area contributed by atoms with Gasteiger partial charge in [-0.15, -0.1) is 6.58 Å². The molecule has 0 saturated heterocycles. The van der Waals surface area contributed by atoms with Crippen molar-refractivity contribution in [3.63, 3.8) is 0 Å². The molecule has 0 heterocycles. The summed E-state index contributed by atoms with van der Waals surface area (Å²) >= 11 is 0. The number of hydrogen-bond acceptors (Lipinski definition) is 2. The highest BCUT2D eigenvalue weighted by Gasteiger charge is 2.04. The number of carboxylic acids is 1. The van der Waals surface area contributed by atoms with Gasteiger partial charge in [0.2, 0.25) is 0 Å². The van der Waals surface area contributed by atoms with Crippen molar-refractivity contribution in [2.24, 2.45) is 0 Å². The molecule has 0 aliphatic rings. The molecule has 0 spiro atoms. The minimum absolute atomic E-state index is 0.186. The van der Waals surface area contributed by atoms with Crippen molar-refractivity contribution in [1.82, 2.24) is 0 Å². The maximum absolute atomic E-state index is 10.2. The Bertz CT molecular complexity index is 175. The second kappa shape index (κ2) is 6.58. The van der Waals surface area contributed by atoms with Gasteiger partial charge in [-0.2, -0.15) is 0 Å². The summed E-state index contributed by atoms with van der Waals surface area (Å²) < 4.78 is 0. The molecule has 3 nitrogen and oxygen atoms in total. The predicted molar refractivity (Wildman–Crippen MR) is 48.6 cm³/mol. The van der Waals surface area contributed by atoms with Crippen molar-refractivity contribution in [2.75, 3.05) is 0 Å². The summed E-state index contributed by atoms with van der Waals surface area (Å²) in [6, 6.07) is 0. The molecular formula is C9H15NO2. The van der Waals surface area contributed by atoms with Crippen LogP contribution in [0.4, 0.5) is 0 Å². The smallest absolute Gasteiger partial charge is 0.349 e. The van der Waals surface area contributed by atoms with E-state index in [1.165, 1.54) is 0 Å². The van der Waals surface area contributed by atoms with Crippen LogP contribution in [0.2, 0.25) is 0 Å². The lowest BCUT2D eigenvalue weighted by molar-refractivity contribution is -0.129. The molecule has 0 bridgehead atoms. The van der Waals surface area contributed by atoms with Gasteiger partial charge in [0.1, 0.15) is 5.71 Å². The van der Waals surface area contributed by atoms with E-state index in [0.29, 0.717) is 6.42 Å². The molecule has 0 aliphatic carbocycles. The molecule has 12 heavy (non-hydrogen) atoms. The first-order chi connectivity index (χ1) is 5.68. The summed E-state index contributed by atoms with van der Waals surface area (Å²) in [5.41, 5.74) is -0.186. The van der Waals surface area contributed by atoms with E-state index in [0.717, 1.165) is 25.7 Å². The molecule has 0 rings (SSSR count). The fourth-order valence-corrected chi connectivity index (χ4v) is 0.874. The second-order valence-electron chi connectivity index (χ2n) is 2.67. The molecule has 0 aromatic rings. The topological polar surface area (TPSA) is 61.2 Å². The normalized spacial score (nSPS) is 9.33. The molecule has 3 heteroatoms. The fourth-order valence-electron chi connectivity index (χ4n) is 0.874. The van der Waals surface area contributed by atoms with Crippen LogP contribution >= 0.6 is 0 Å². The zero-order chi connectivity index (χ0) is 9.40. The van der Waals surface area contributed by atoms with Crippen molar-refractivity contribution < 1.29 is 9.90 Å². The molecule has 0 amide bonds. The van der Waals surface area contributed by atoms with Crippen LogP contribution in [0.3, 0.4) is 0 Å². The highest BCUT2D eigenvalue weighted by atomic mass is 16.4. The van der Waals surface area contributed by atoms with Crippen LogP contribution in [0.1, 0.15) is 32.1 Å². The SMILES string of the molecule is C=CCCCCCC(=N)C(=O)O. The summed E-state index contributed by atoms with van der Waals surface area (Å²) in [4.78, 5) is 10.2. The van der Waals surface area contributed by atoms with Gasteiger partial charge in [0.15, 0.2) is 0 Å². The Labute approximate surface area is 72.6 Å². The minimum Gasteiger partial charge on any atom is -0.477 e. The Morgan fingerprint density at radius 1 is 1.42 bits per heavy atom. The Morgan fingerprint density at radius 2 is 2.08 bits per heavy atom. The van der Waals surface area contributed by atoms with Crippen LogP contribution in [0.15, 0.2) is 12.7 Å². The van der Waals surface area contributed by atoms with Crippen molar-refractivity contribution in [1.29, 1.82) is 5.41 Å². The largest absolute Gasteiger partial charge is 0.477 e. The van der Waals surface area contributed by atoms with Gasteiger partial charge >= 0.3 is 5.97 Å². The number of carbonyl (C=O) groups is 1. The van der Waals surface area contributed by atoms with E-state index in [1.54, 1.807) is 0 Å². The third-order valence-corrected chi connectivity index (χ3v) is 1.59. The molecule has 0 fully saturated rings. The van der Waals surface area contributed by atoms with E-state index in [9.17, 15) is 4.79 Å². The lowest BCUT2D eigenvalue weighted by atomic mass is 10.1. The lowest BCUT2D eigenvalue weighted by Crippen LogP contribution is -2.10. The van der Waals surface area contributed by atoms with Crippen LogP contribution in [0, 0.1) is 5.41 Å². The number of rotatable bonds is 7. The van der Waals surface area contributed by atoms with Crippen molar-refractivity contribution >= 4 is 11.7 Å². The first-order valence-corrected chi connectivity index (χ1v) is 4.10. The first-order valence-electron chi connectivity index (χ1n) is 4.10. The Balaban J connectivity index is 3.25. The first kappa shape index (κ1) is 10.9. The van der Waals surface area contributed by atoms with Crippen molar-refractivity contribution in [3.8, 4) is 0 Å². The Hall–Kier alpha value is -1.12. The summed E-state index contributed by atoms with van der Waals surface area (Å²) in [7, 11) is 0. The number of nitrogens with one attached hydrogen (secondary N) is 1. The van der Waals surface area contributed by atoms with E-state index < -0.39 is 5.97 Å². The van der Waals surface area contributed by atoms with Crippen LogP contribution in [-0.2, 0) is 4.79 Å². The summed E-state index contributed by atoms with van der Waals surface area (Å²) in [5.74, 6) is -1.10. The summed E-state index contributed by atoms with van der Waals surface area (Å²) in [6.45, 7) is 3.59. The lowest BCUT2D eigenvalue weighted by Gasteiger charge is -1.97. The molecule has 0 atom stereocenters. The number of allylic oxidation sites excluding steroid dienone is 1. The van der Waals surface area contributed by atoms with Gasteiger partial charge < -0.3 is 5.11 Å². The van der Waals surface area contributed by atoms with E-state index in [-0.39, 0.29) is 5.71 Å². The Kier molecular flexibility index (Phi) is 5.97. The van der Waals surface area contributed by atoms with E-state index in [1.807, 2.05) is 6.08 Å². The maximum Gasteiger partial charge on any atom is 0.349 e. The average Bonchev–Trinajstić information content (AvgIpc) is 2.03. The number of hydrogen-bond donors (Lipinski definition) is 2. The average molecular weight is 169 g/mol. The molecule has 0 unspecified atom stereocenters. The number of unbranched alkanes of at least 4 members (excludes halogenated alkanes) is 3. The van der Waals surface area contributed by atoms with Crippen LogP contribution in [-0.4, -0.2) is 16.8 Å². The second-order valence-corrected chi connectivity index (χ2v) is 2.67.